The Morgan fingerprint density at radius 2 is 0.779 bits per heavy atom. The summed E-state index contributed by atoms with van der Waals surface area (Å²) >= 11 is 19.4. The molecule has 350 valence electrons. The molecular formula is C51H45B2Br4IO7S3. The molecule has 0 aliphatic rings. The molecule has 0 saturated carbocycles. The number of rotatable bonds is 8. The molecule has 0 unspecified atom stereocenters. The van der Waals surface area contributed by atoms with E-state index < -0.39 is 7.12 Å². The molecule has 0 spiro atoms. The number of carbonyl (C=O) groups is 3. The number of aldehydes is 3. The number of carbonyl (C=O) groups excluding carboxylic acids is 3. The highest BCUT2D eigenvalue weighted by Crippen LogP contribution is 2.43. The second-order valence-electron chi connectivity index (χ2n) is 15.0. The lowest BCUT2D eigenvalue weighted by Crippen LogP contribution is -2.29. The standard InChI is InChI=1S/C20H18OS.C18H14O3S.C7H9BO2.C6H4BrIOS.BBr3/c1-13-4-8-16(9-5-13)19-15(3)20(22-18(19)12-21)17-10-6-14(2)7-11-17;1-11-17(12-2-6-14(20)7-3-12)16(10-19)22-18(11)13-4-8-15(21)9-5-13;1-6-2-4-7(5-3-6)8(9)10;1-3-5(7)4(2-9)10-6(3)8;2-1(3)4/h4-12H,1-3H3;2-10,20-21H,1H3;2-5,9-10H,1H3;2H,1H3;. The van der Waals surface area contributed by atoms with Gasteiger partial charge in [0, 0.05) is 25.4 Å². The van der Waals surface area contributed by atoms with Gasteiger partial charge >= 0.3 is 10.3 Å². The number of hydrogen-bond acceptors (Lipinski definition) is 10. The molecule has 0 bridgehead atoms. The van der Waals surface area contributed by atoms with Crippen LogP contribution in [-0.2, 0) is 0 Å². The minimum Gasteiger partial charge on any atom is -0.508 e. The summed E-state index contributed by atoms with van der Waals surface area (Å²) < 4.78 is 2.39. The molecule has 0 saturated heterocycles. The molecule has 8 rings (SSSR count). The Morgan fingerprint density at radius 1 is 0.471 bits per heavy atom. The lowest BCUT2D eigenvalue weighted by Gasteiger charge is -2.05. The predicted molar refractivity (Wildman–Crippen MR) is 312 cm³/mol. The van der Waals surface area contributed by atoms with Crippen LogP contribution < -0.4 is 5.46 Å². The first-order valence-corrected chi connectivity index (χ1v) is 27.5. The van der Waals surface area contributed by atoms with E-state index in [-0.39, 0.29) is 14.7 Å². The van der Waals surface area contributed by atoms with Crippen molar-refractivity contribution in [3.05, 3.63) is 177 Å². The quantitative estimate of drug-likeness (QED) is 0.0677. The average Bonchev–Trinajstić information content (AvgIpc) is 3.93. The summed E-state index contributed by atoms with van der Waals surface area (Å²) in [5.74, 6) is 0.412. The monoisotopic (exact) mass is 1330 g/mol. The first-order chi connectivity index (χ1) is 32.3. The zero-order valence-electron chi connectivity index (χ0n) is 37.6. The van der Waals surface area contributed by atoms with Crippen LogP contribution in [0.2, 0.25) is 0 Å². The van der Waals surface area contributed by atoms with Gasteiger partial charge in [-0.15, -0.1) is 81.3 Å². The molecule has 3 heterocycles. The van der Waals surface area contributed by atoms with Crippen LogP contribution in [0.3, 0.4) is 0 Å². The fourth-order valence-electron chi connectivity index (χ4n) is 6.48. The molecule has 4 N–H and O–H groups in total. The number of thiophene rings is 3. The van der Waals surface area contributed by atoms with Gasteiger partial charge in [-0.2, -0.15) is 0 Å². The molecular weight excluding hydrogens is 1290 g/mol. The SMILES string of the molecule is BrB(Br)Br.Cc1c(-c2ccc(O)cc2)sc(C=O)c1-c1ccc(O)cc1.Cc1c(I)sc(C=O)c1Br.Cc1ccc(-c2sc(C=O)c(-c3ccc(C)cc3)c2C)cc1.Cc1ccc(B(O)O)cc1. The van der Waals surface area contributed by atoms with E-state index >= 15 is 0 Å². The largest absolute Gasteiger partial charge is 0.508 e. The third kappa shape index (κ3) is 16.3. The Hall–Kier alpha value is -3.49. The van der Waals surface area contributed by atoms with E-state index in [4.69, 9.17) is 10.0 Å². The Morgan fingerprint density at radius 3 is 1.07 bits per heavy atom. The molecule has 3 aromatic heterocycles. The van der Waals surface area contributed by atoms with Crippen molar-refractivity contribution < 1.29 is 34.6 Å². The number of aryl methyl sites for hydroxylation is 3. The number of hydrogen-bond donors (Lipinski definition) is 4. The van der Waals surface area contributed by atoms with E-state index in [1.807, 2.05) is 45.0 Å². The number of phenolic OH excluding ortho intramolecular Hbond substituents is 2. The van der Waals surface area contributed by atoms with E-state index in [0.717, 1.165) is 82.5 Å². The molecule has 0 amide bonds. The molecule has 0 fully saturated rings. The van der Waals surface area contributed by atoms with Crippen molar-refractivity contribution in [2.75, 3.05) is 0 Å². The minimum atomic E-state index is -1.35. The maximum Gasteiger partial charge on any atom is 0.488 e. The lowest BCUT2D eigenvalue weighted by molar-refractivity contribution is 0.111. The van der Waals surface area contributed by atoms with Gasteiger partial charge in [0.25, 0.3) is 0 Å². The van der Waals surface area contributed by atoms with Crippen LogP contribution in [0.5, 0.6) is 11.5 Å². The second kappa shape index (κ2) is 27.8. The molecule has 0 aliphatic carbocycles. The van der Waals surface area contributed by atoms with Crippen LogP contribution in [0.25, 0.3) is 43.1 Å². The van der Waals surface area contributed by atoms with E-state index in [1.165, 1.54) is 52.7 Å². The van der Waals surface area contributed by atoms with Gasteiger partial charge in [0.2, 0.25) is 0 Å². The van der Waals surface area contributed by atoms with Crippen molar-refractivity contribution in [2.45, 2.75) is 41.5 Å². The maximum atomic E-state index is 11.5. The van der Waals surface area contributed by atoms with Crippen molar-refractivity contribution in [2.24, 2.45) is 0 Å². The fourth-order valence-corrected chi connectivity index (χ4v) is 11.5. The highest BCUT2D eigenvalue weighted by atomic mass is 127. The van der Waals surface area contributed by atoms with E-state index in [2.05, 4.69) is 155 Å². The summed E-state index contributed by atoms with van der Waals surface area (Å²) in [5.41, 5.74) is 13.6. The Kier molecular flexibility index (Phi) is 23.3. The van der Waals surface area contributed by atoms with Crippen molar-refractivity contribution in [3.63, 3.8) is 0 Å². The van der Waals surface area contributed by atoms with Crippen molar-refractivity contribution in [3.8, 4) is 54.6 Å². The Labute approximate surface area is 457 Å². The summed E-state index contributed by atoms with van der Waals surface area (Å²) in [6.45, 7) is 12.2. The molecule has 0 radical (unpaired) electrons. The first-order valence-electron chi connectivity index (χ1n) is 20.4. The van der Waals surface area contributed by atoms with Crippen LogP contribution in [0.4, 0.5) is 0 Å². The van der Waals surface area contributed by atoms with Gasteiger partial charge in [0.1, 0.15) is 11.5 Å². The summed E-state index contributed by atoms with van der Waals surface area (Å²) in [4.78, 5) is 37.8. The zero-order valence-corrected chi connectivity index (χ0v) is 48.5. The molecule has 0 atom stereocenters. The van der Waals surface area contributed by atoms with E-state index in [1.54, 1.807) is 59.9 Å². The summed E-state index contributed by atoms with van der Waals surface area (Å²) in [6.07, 6.45) is 2.72. The lowest BCUT2D eigenvalue weighted by atomic mass is 9.80. The fraction of sp³-hybridized carbons (Fsp3) is 0.118. The Bertz CT molecular complexity index is 2760. The van der Waals surface area contributed by atoms with Crippen LogP contribution in [0.1, 0.15) is 62.4 Å². The molecule has 0 aliphatic heterocycles. The highest BCUT2D eigenvalue weighted by Gasteiger charge is 2.19. The van der Waals surface area contributed by atoms with E-state index in [9.17, 15) is 24.6 Å². The molecule has 7 nitrogen and oxygen atoms in total. The molecule has 17 heteroatoms. The topological polar surface area (TPSA) is 132 Å². The third-order valence-corrected chi connectivity index (χ3v) is 16.3. The van der Waals surface area contributed by atoms with Gasteiger partial charge in [-0.1, -0.05) is 102 Å². The summed E-state index contributed by atoms with van der Waals surface area (Å²) in [5, 5.41) is 36.2. The predicted octanol–water partition coefficient (Wildman–Crippen LogP) is 15.5. The van der Waals surface area contributed by atoms with Crippen molar-refractivity contribution in [1.82, 2.24) is 0 Å². The maximum absolute atomic E-state index is 11.5. The van der Waals surface area contributed by atoms with Gasteiger partial charge in [-0.25, -0.2) is 0 Å². The van der Waals surface area contributed by atoms with Crippen LogP contribution >= 0.6 is 120 Å². The molecule has 68 heavy (non-hydrogen) atoms. The number of phenols is 2. The number of aromatic hydroxyl groups is 2. The smallest absolute Gasteiger partial charge is 0.488 e. The third-order valence-electron chi connectivity index (χ3n) is 10.0. The van der Waals surface area contributed by atoms with E-state index in [0.29, 0.717) is 10.3 Å². The van der Waals surface area contributed by atoms with Crippen LogP contribution in [0.15, 0.2) is 126 Å². The van der Waals surface area contributed by atoms with Gasteiger partial charge < -0.3 is 20.3 Å². The molecule has 8 aromatic rings. The molecule has 5 aromatic carbocycles. The van der Waals surface area contributed by atoms with Crippen LogP contribution in [-0.4, -0.2) is 49.4 Å². The van der Waals surface area contributed by atoms with Gasteiger partial charge in [0.05, 0.1) is 17.5 Å². The van der Waals surface area contributed by atoms with Crippen LogP contribution in [0, 0.1) is 44.4 Å². The second-order valence-corrected chi connectivity index (χ2v) is 27.2. The normalized spacial score (nSPS) is 10.1. The average molecular weight is 1330 g/mol. The number of benzene rings is 5. The van der Waals surface area contributed by atoms with Gasteiger partial charge in [-0.05, 0) is 161 Å². The first kappa shape index (κ1) is 57.1. The number of halogens is 5. The van der Waals surface area contributed by atoms with Crippen molar-refractivity contribution in [1.29, 1.82) is 0 Å². The highest BCUT2D eigenvalue weighted by molar-refractivity contribution is 14.1. The van der Waals surface area contributed by atoms with Gasteiger partial charge in [0.15, 0.2) is 18.9 Å². The minimum absolute atomic E-state index is 0.197. The summed E-state index contributed by atoms with van der Waals surface area (Å²) in [6, 6.07) is 37.7. The summed E-state index contributed by atoms with van der Waals surface area (Å²) in [7, 11) is -1.35. The van der Waals surface area contributed by atoms with Gasteiger partial charge in [-0.3, -0.25) is 14.4 Å². The Balaban J connectivity index is 0.000000204. The zero-order chi connectivity index (χ0) is 50.2. The van der Waals surface area contributed by atoms with Crippen molar-refractivity contribution >= 4 is 154 Å².